The van der Waals surface area contributed by atoms with Crippen molar-refractivity contribution in [3.63, 3.8) is 0 Å². The summed E-state index contributed by atoms with van der Waals surface area (Å²) in [4.78, 5) is 46.2. The number of carbonyl (C=O) groups is 2. The largest absolute Gasteiger partial charge is 0.501 e. The highest BCUT2D eigenvalue weighted by Gasteiger charge is 2.28. The van der Waals surface area contributed by atoms with Gasteiger partial charge in [0, 0.05) is 31.1 Å². The standard InChI is InChI=1S/C27H30N4O7/c1-36-20-10-6-9-19(23(20)37-2)15-28-25(33)21-22(32)26(34)30-24(29-21)18-11-13-31(14-12-18)27(35)38-16-17-7-4-3-5-8-17/h3-10,18,32H,11-16H2,1-2H3,(H,28,33)(H,29,30,34). The first-order valence-electron chi connectivity index (χ1n) is 12.2. The fourth-order valence-corrected chi connectivity index (χ4v) is 4.33. The zero-order valence-electron chi connectivity index (χ0n) is 21.2. The third kappa shape index (κ3) is 6.05. The molecule has 0 saturated carbocycles. The summed E-state index contributed by atoms with van der Waals surface area (Å²) in [7, 11) is 3.01. The van der Waals surface area contributed by atoms with Crippen LogP contribution in [-0.2, 0) is 17.9 Å². The van der Waals surface area contributed by atoms with E-state index in [9.17, 15) is 19.5 Å². The van der Waals surface area contributed by atoms with Gasteiger partial charge in [0.05, 0.1) is 14.2 Å². The monoisotopic (exact) mass is 522 g/mol. The SMILES string of the molecule is COc1cccc(CNC(=O)c2nc(C3CCN(C(=O)OCc4ccccc4)CC3)[nH]c(=O)c2O)c1OC. The minimum absolute atomic E-state index is 0.0614. The van der Waals surface area contributed by atoms with Gasteiger partial charge in [0.15, 0.2) is 17.2 Å². The van der Waals surface area contributed by atoms with Gasteiger partial charge in [-0.25, -0.2) is 9.78 Å². The van der Waals surface area contributed by atoms with Gasteiger partial charge in [-0.1, -0.05) is 42.5 Å². The Hall–Kier alpha value is -4.54. The molecule has 1 aliphatic heterocycles. The molecule has 2 amide bonds. The van der Waals surface area contributed by atoms with E-state index in [1.165, 1.54) is 14.2 Å². The van der Waals surface area contributed by atoms with Gasteiger partial charge in [-0.05, 0) is 24.5 Å². The minimum atomic E-state index is -0.802. The highest BCUT2D eigenvalue weighted by atomic mass is 16.6. The maximum atomic E-state index is 12.9. The number of methoxy groups -OCH3 is 2. The van der Waals surface area contributed by atoms with Crippen molar-refractivity contribution in [2.75, 3.05) is 27.3 Å². The molecular weight excluding hydrogens is 492 g/mol. The maximum absolute atomic E-state index is 12.9. The molecule has 38 heavy (non-hydrogen) atoms. The maximum Gasteiger partial charge on any atom is 0.410 e. The van der Waals surface area contributed by atoms with Crippen LogP contribution in [0.2, 0.25) is 0 Å². The van der Waals surface area contributed by atoms with Crippen LogP contribution in [0.1, 0.15) is 46.2 Å². The van der Waals surface area contributed by atoms with E-state index in [1.54, 1.807) is 23.1 Å². The number of hydrogen-bond acceptors (Lipinski definition) is 8. The van der Waals surface area contributed by atoms with Gasteiger partial charge >= 0.3 is 6.09 Å². The molecule has 200 valence electrons. The number of aromatic nitrogens is 2. The lowest BCUT2D eigenvalue weighted by Crippen LogP contribution is -2.39. The Morgan fingerprint density at radius 3 is 2.50 bits per heavy atom. The summed E-state index contributed by atoms with van der Waals surface area (Å²) in [5.41, 5.74) is 0.382. The average molecular weight is 523 g/mol. The summed E-state index contributed by atoms with van der Waals surface area (Å²) in [5.74, 6) is -0.407. The second-order valence-electron chi connectivity index (χ2n) is 8.79. The lowest BCUT2D eigenvalue weighted by Gasteiger charge is -2.30. The number of rotatable bonds is 8. The summed E-state index contributed by atoms with van der Waals surface area (Å²) in [5, 5.41) is 12.9. The first kappa shape index (κ1) is 26.5. The van der Waals surface area contributed by atoms with Gasteiger partial charge in [0.1, 0.15) is 12.4 Å². The van der Waals surface area contributed by atoms with Crippen LogP contribution in [0.15, 0.2) is 53.3 Å². The zero-order valence-corrected chi connectivity index (χ0v) is 21.2. The molecule has 0 unspecified atom stereocenters. The van der Waals surface area contributed by atoms with Crippen LogP contribution in [0.3, 0.4) is 0 Å². The van der Waals surface area contributed by atoms with E-state index in [0.717, 1.165) is 5.56 Å². The lowest BCUT2D eigenvalue weighted by molar-refractivity contribution is 0.0866. The fourth-order valence-electron chi connectivity index (χ4n) is 4.33. The topological polar surface area (TPSA) is 143 Å². The van der Waals surface area contributed by atoms with Crippen molar-refractivity contribution in [1.82, 2.24) is 20.2 Å². The van der Waals surface area contributed by atoms with Crippen LogP contribution >= 0.6 is 0 Å². The van der Waals surface area contributed by atoms with Crippen molar-refractivity contribution in [2.45, 2.75) is 31.9 Å². The molecule has 0 radical (unpaired) electrons. The van der Waals surface area contributed by atoms with Crippen LogP contribution in [0.4, 0.5) is 4.79 Å². The van der Waals surface area contributed by atoms with Crippen molar-refractivity contribution in [3.8, 4) is 17.2 Å². The number of nitrogens with zero attached hydrogens (tertiary/aromatic N) is 2. The molecule has 1 aliphatic rings. The molecule has 0 bridgehead atoms. The Bertz CT molecular complexity index is 1330. The molecule has 0 atom stereocenters. The Morgan fingerprint density at radius 2 is 1.82 bits per heavy atom. The number of aromatic hydroxyl groups is 1. The summed E-state index contributed by atoms with van der Waals surface area (Å²) in [6, 6.07) is 14.7. The van der Waals surface area contributed by atoms with E-state index in [-0.39, 0.29) is 30.6 Å². The molecule has 3 aromatic rings. The normalized spacial score (nSPS) is 13.6. The smallest absolute Gasteiger partial charge is 0.410 e. The number of amides is 2. The number of H-pyrrole nitrogens is 1. The average Bonchev–Trinajstić information content (AvgIpc) is 2.96. The van der Waals surface area contributed by atoms with Crippen molar-refractivity contribution in [1.29, 1.82) is 0 Å². The van der Waals surface area contributed by atoms with Crippen molar-refractivity contribution in [3.05, 3.63) is 81.5 Å². The van der Waals surface area contributed by atoms with Gasteiger partial charge in [-0.3, -0.25) is 9.59 Å². The van der Waals surface area contributed by atoms with Crippen LogP contribution in [0.5, 0.6) is 17.2 Å². The summed E-state index contributed by atoms with van der Waals surface area (Å²) in [6.07, 6.45) is 0.611. The molecule has 2 aromatic carbocycles. The number of piperidine rings is 1. The van der Waals surface area contributed by atoms with Crippen LogP contribution in [0, 0.1) is 0 Å². The highest BCUT2D eigenvalue weighted by Crippen LogP contribution is 2.31. The number of likely N-dealkylation sites (tertiary alicyclic amines) is 1. The number of para-hydroxylation sites is 1. The van der Waals surface area contributed by atoms with Crippen molar-refractivity contribution >= 4 is 12.0 Å². The fraction of sp³-hybridized carbons (Fsp3) is 0.333. The number of benzene rings is 2. The molecule has 3 N–H and O–H groups in total. The second kappa shape index (κ2) is 12.1. The van der Waals surface area contributed by atoms with E-state index in [0.29, 0.717) is 43.0 Å². The first-order chi connectivity index (χ1) is 18.4. The Morgan fingerprint density at radius 1 is 1.08 bits per heavy atom. The van der Waals surface area contributed by atoms with E-state index < -0.39 is 23.3 Å². The molecular formula is C27H30N4O7. The minimum Gasteiger partial charge on any atom is -0.501 e. The number of carbonyl (C=O) groups excluding carboxylic acids is 2. The quantitative estimate of drug-likeness (QED) is 0.410. The predicted molar refractivity (Wildman–Crippen MR) is 137 cm³/mol. The van der Waals surface area contributed by atoms with Gasteiger partial charge in [-0.2, -0.15) is 0 Å². The van der Waals surface area contributed by atoms with Crippen LogP contribution in [-0.4, -0.2) is 59.3 Å². The van der Waals surface area contributed by atoms with E-state index in [2.05, 4.69) is 15.3 Å². The molecule has 11 heteroatoms. The molecule has 11 nitrogen and oxygen atoms in total. The lowest BCUT2D eigenvalue weighted by atomic mass is 9.96. The zero-order chi connectivity index (χ0) is 27.1. The van der Waals surface area contributed by atoms with Gasteiger partial charge in [0.25, 0.3) is 11.5 Å². The van der Waals surface area contributed by atoms with Gasteiger partial charge in [-0.15, -0.1) is 0 Å². The van der Waals surface area contributed by atoms with Gasteiger partial charge < -0.3 is 34.5 Å². The van der Waals surface area contributed by atoms with Crippen molar-refractivity contribution in [2.24, 2.45) is 0 Å². The third-order valence-corrected chi connectivity index (χ3v) is 6.40. The van der Waals surface area contributed by atoms with E-state index >= 15 is 0 Å². The van der Waals surface area contributed by atoms with E-state index in [4.69, 9.17) is 14.2 Å². The molecule has 2 heterocycles. The number of nitrogens with one attached hydrogen (secondary N) is 2. The Balaban J connectivity index is 1.39. The highest BCUT2D eigenvalue weighted by molar-refractivity contribution is 5.94. The number of aromatic amines is 1. The molecule has 1 saturated heterocycles. The van der Waals surface area contributed by atoms with E-state index in [1.807, 2.05) is 30.3 Å². The molecule has 1 fully saturated rings. The molecule has 4 rings (SSSR count). The molecule has 0 aliphatic carbocycles. The third-order valence-electron chi connectivity index (χ3n) is 6.40. The molecule has 0 spiro atoms. The van der Waals surface area contributed by atoms with Crippen LogP contribution < -0.4 is 20.3 Å². The number of ether oxygens (including phenoxy) is 3. The van der Waals surface area contributed by atoms with Crippen LogP contribution in [0.25, 0.3) is 0 Å². The first-order valence-corrected chi connectivity index (χ1v) is 12.2. The Labute approximate surface area is 219 Å². The van der Waals surface area contributed by atoms with Gasteiger partial charge in [0.2, 0.25) is 5.75 Å². The van der Waals surface area contributed by atoms with Crippen molar-refractivity contribution < 1.29 is 28.9 Å². The number of hydrogen-bond donors (Lipinski definition) is 3. The second-order valence-corrected chi connectivity index (χ2v) is 8.79. The summed E-state index contributed by atoms with van der Waals surface area (Å²) < 4.78 is 16.1. The summed E-state index contributed by atoms with van der Waals surface area (Å²) >= 11 is 0. The summed E-state index contributed by atoms with van der Waals surface area (Å²) in [6.45, 7) is 1.05. The predicted octanol–water partition coefficient (Wildman–Crippen LogP) is 2.94. The molecule has 1 aromatic heterocycles. The Kier molecular flexibility index (Phi) is 8.47.